The van der Waals surface area contributed by atoms with Crippen molar-refractivity contribution in [2.45, 2.75) is 12.8 Å². The smallest absolute Gasteiger partial charge is 0.256 e. The molecule has 170 valence electrons. The van der Waals surface area contributed by atoms with Crippen molar-refractivity contribution in [1.29, 1.82) is 0 Å². The number of aromatic hydroxyl groups is 1. The lowest BCUT2D eigenvalue weighted by Crippen LogP contribution is -2.36. The standard InChI is InChI=1S/C27H28N2O4/c1-33-25-13-12-22(19-24(25)30)18-23(26(31)28-16-14-20-8-4-2-5-9-20)27(32)29-17-15-21-10-6-3-7-11-21/h2-13,18-19,30H,14-17H2,1H3,(H,28,31)(H,29,32). The van der Waals surface area contributed by atoms with Crippen LogP contribution < -0.4 is 15.4 Å². The predicted octanol–water partition coefficient (Wildman–Crippen LogP) is 3.50. The number of benzene rings is 3. The minimum absolute atomic E-state index is 0.0271. The van der Waals surface area contributed by atoms with Crippen molar-refractivity contribution in [2.75, 3.05) is 20.2 Å². The molecule has 0 saturated heterocycles. The van der Waals surface area contributed by atoms with E-state index in [-0.39, 0.29) is 11.3 Å². The Morgan fingerprint density at radius 2 is 1.33 bits per heavy atom. The maximum absolute atomic E-state index is 12.9. The van der Waals surface area contributed by atoms with E-state index >= 15 is 0 Å². The number of amides is 2. The molecule has 2 amide bonds. The third-order valence-corrected chi connectivity index (χ3v) is 5.09. The molecule has 0 fully saturated rings. The second-order valence-corrected chi connectivity index (χ2v) is 7.47. The molecule has 3 aromatic carbocycles. The van der Waals surface area contributed by atoms with Crippen LogP contribution >= 0.6 is 0 Å². The van der Waals surface area contributed by atoms with Crippen molar-refractivity contribution in [2.24, 2.45) is 0 Å². The van der Waals surface area contributed by atoms with Gasteiger partial charge in [0, 0.05) is 13.1 Å². The molecule has 3 N–H and O–H groups in total. The number of carbonyl (C=O) groups excluding carboxylic acids is 2. The maximum atomic E-state index is 12.9. The van der Waals surface area contributed by atoms with Crippen molar-refractivity contribution in [3.05, 3.63) is 101 Å². The largest absolute Gasteiger partial charge is 0.504 e. The van der Waals surface area contributed by atoms with Gasteiger partial charge in [0.25, 0.3) is 11.8 Å². The topological polar surface area (TPSA) is 87.7 Å². The minimum atomic E-state index is -0.474. The van der Waals surface area contributed by atoms with Gasteiger partial charge in [-0.15, -0.1) is 0 Å². The Bertz CT molecular complexity index is 1040. The van der Waals surface area contributed by atoms with Crippen LogP contribution in [-0.2, 0) is 22.4 Å². The summed E-state index contributed by atoms with van der Waals surface area (Å²) in [5, 5.41) is 15.7. The summed E-state index contributed by atoms with van der Waals surface area (Å²) in [6.07, 6.45) is 2.77. The Hall–Kier alpha value is -4.06. The van der Waals surface area contributed by atoms with Crippen molar-refractivity contribution in [3.63, 3.8) is 0 Å². The lowest BCUT2D eigenvalue weighted by atomic mass is 10.1. The van der Waals surface area contributed by atoms with E-state index in [4.69, 9.17) is 4.74 Å². The number of methoxy groups -OCH3 is 1. The van der Waals surface area contributed by atoms with Crippen LogP contribution in [0.4, 0.5) is 0 Å². The zero-order chi connectivity index (χ0) is 23.5. The Balaban J connectivity index is 1.70. The molecule has 0 aliphatic rings. The number of hydrogen-bond donors (Lipinski definition) is 3. The number of hydrogen-bond acceptors (Lipinski definition) is 4. The van der Waals surface area contributed by atoms with Crippen LogP contribution in [-0.4, -0.2) is 37.1 Å². The molecule has 3 rings (SSSR count). The second kappa shape index (κ2) is 12.1. The summed E-state index contributed by atoms with van der Waals surface area (Å²) in [4.78, 5) is 25.8. The Kier molecular flexibility index (Phi) is 8.65. The maximum Gasteiger partial charge on any atom is 0.256 e. The number of phenols is 1. The third kappa shape index (κ3) is 7.25. The van der Waals surface area contributed by atoms with Gasteiger partial charge in [-0.1, -0.05) is 66.7 Å². The van der Waals surface area contributed by atoms with Gasteiger partial charge in [-0.25, -0.2) is 0 Å². The van der Waals surface area contributed by atoms with Crippen molar-refractivity contribution in [3.8, 4) is 11.5 Å². The van der Waals surface area contributed by atoms with Crippen molar-refractivity contribution in [1.82, 2.24) is 10.6 Å². The van der Waals surface area contributed by atoms with Gasteiger partial charge < -0.3 is 20.5 Å². The fourth-order valence-electron chi connectivity index (χ4n) is 3.32. The van der Waals surface area contributed by atoms with Crippen LogP contribution in [0.3, 0.4) is 0 Å². The molecule has 33 heavy (non-hydrogen) atoms. The van der Waals surface area contributed by atoms with Crippen LogP contribution in [0.25, 0.3) is 6.08 Å². The first-order valence-electron chi connectivity index (χ1n) is 10.8. The molecular formula is C27H28N2O4. The van der Waals surface area contributed by atoms with E-state index in [9.17, 15) is 14.7 Å². The highest BCUT2D eigenvalue weighted by Gasteiger charge is 2.18. The predicted molar refractivity (Wildman–Crippen MR) is 129 cm³/mol. The first-order valence-corrected chi connectivity index (χ1v) is 10.8. The van der Waals surface area contributed by atoms with Crippen LogP contribution in [0.15, 0.2) is 84.4 Å². The van der Waals surface area contributed by atoms with Gasteiger partial charge in [0.05, 0.1) is 7.11 Å². The average Bonchev–Trinajstić information content (AvgIpc) is 2.84. The Labute approximate surface area is 193 Å². The second-order valence-electron chi connectivity index (χ2n) is 7.47. The van der Waals surface area contributed by atoms with Gasteiger partial charge in [-0.3, -0.25) is 9.59 Å². The summed E-state index contributed by atoms with van der Waals surface area (Å²) < 4.78 is 5.06. The normalized spacial score (nSPS) is 10.2. The van der Waals surface area contributed by atoms with Crippen molar-refractivity contribution >= 4 is 17.9 Å². The number of ether oxygens (including phenoxy) is 1. The molecule has 0 aromatic heterocycles. The Morgan fingerprint density at radius 3 is 1.79 bits per heavy atom. The van der Waals surface area contributed by atoms with E-state index in [1.807, 2.05) is 60.7 Å². The molecule has 0 unspecified atom stereocenters. The van der Waals surface area contributed by atoms with Gasteiger partial charge in [0.1, 0.15) is 5.57 Å². The zero-order valence-electron chi connectivity index (χ0n) is 18.6. The summed E-state index contributed by atoms with van der Waals surface area (Å²) >= 11 is 0. The van der Waals surface area contributed by atoms with Crippen LogP contribution in [0.5, 0.6) is 11.5 Å². The van der Waals surface area contributed by atoms with Crippen molar-refractivity contribution < 1.29 is 19.4 Å². The molecule has 3 aromatic rings. The molecule has 0 atom stereocenters. The molecule has 0 aliphatic carbocycles. The molecule has 0 bridgehead atoms. The van der Waals surface area contributed by atoms with E-state index in [0.717, 1.165) is 11.1 Å². The number of carbonyl (C=O) groups is 2. The zero-order valence-corrected chi connectivity index (χ0v) is 18.6. The van der Waals surface area contributed by atoms with Gasteiger partial charge in [-0.2, -0.15) is 0 Å². The number of nitrogens with one attached hydrogen (secondary N) is 2. The van der Waals surface area contributed by atoms with E-state index in [0.29, 0.717) is 37.2 Å². The first kappa shape index (κ1) is 23.6. The molecule has 0 aliphatic heterocycles. The van der Waals surface area contributed by atoms with E-state index in [1.165, 1.54) is 19.3 Å². The van der Waals surface area contributed by atoms with Gasteiger partial charge in [-0.05, 0) is 47.7 Å². The monoisotopic (exact) mass is 444 g/mol. The fourth-order valence-corrected chi connectivity index (χ4v) is 3.32. The molecule has 0 radical (unpaired) electrons. The van der Waals surface area contributed by atoms with Crippen LogP contribution in [0.2, 0.25) is 0 Å². The Morgan fingerprint density at radius 1 is 0.818 bits per heavy atom. The molecule has 6 nitrogen and oxygen atoms in total. The highest BCUT2D eigenvalue weighted by Crippen LogP contribution is 2.27. The first-order chi connectivity index (χ1) is 16.1. The fraction of sp³-hybridized carbons (Fsp3) is 0.185. The lowest BCUT2D eigenvalue weighted by molar-refractivity contribution is -0.123. The number of phenolic OH excluding ortho intramolecular Hbond substituents is 1. The van der Waals surface area contributed by atoms with E-state index in [2.05, 4.69) is 10.6 Å². The van der Waals surface area contributed by atoms with E-state index in [1.54, 1.807) is 12.1 Å². The SMILES string of the molecule is COc1ccc(C=C(C(=O)NCCc2ccccc2)C(=O)NCCc2ccccc2)cc1O. The third-order valence-electron chi connectivity index (χ3n) is 5.09. The quantitative estimate of drug-likeness (QED) is 0.254. The van der Waals surface area contributed by atoms with Gasteiger partial charge in [0.15, 0.2) is 11.5 Å². The van der Waals surface area contributed by atoms with Gasteiger partial charge >= 0.3 is 0 Å². The highest BCUT2D eigenvalue weighted by molar-refractivity contribution is 6.21. The summed E-state index contributed by atoms with van der Waals surface area (Å²) in [6, 6.07) is 24.3. The average molecular weight is 445 g/mol. The highest BCUT2D eigenvalue weighted by atomic mass is 16.5. The van der Waals surface area contributed by atoms with Crippen LogP contribution in [0.1, 0.15) is 16.7 Å². The summed E-state index contributed by atoms with van der Waals surface area (Å²) in [5.74, 6) is -0.704. The minimum Gasteiger partial charge on any atom is -0.504 e. The molecular weight excluding hydrogens is 416 g/mol. The molecule has 0 heterocycles. The van der Waals surface area contributed by atoms with Gasteiger partial charge in [0.2, 0.25) is 0 Å². The number of rotatable bonds is 10. The molecule has 0 saturated carbocycles. The van der Waals surface area contributed by atoms with E-state index < -0.39 is 11.8 Å². The van der Waals surface area contributed by atoms with Crippen LogP contribution in [0, 0.1) is 0 Å². The molecule has 6 heteroatoms. The summed E-state index contributed by atoms with van der Waals surface area (Å²) in [5.41, 5.74) is 2.67. The lowest BCUT2D eigenvalue weighted by Gasteiger charge is -2.11. The summed E-state index contributed by atoms with van der Waals surface area (Å²) in [6.45, 7) is 0.788. The summed E-state index contributed by atoms with van der Waals surface area (Å²) in [7, 11) is 1.45. The molecule has 0 spiro atoms.